The van der Waals surface area contributed by atoms with Crippen molar-refractivity contribution in [1.82, 2.24) is 5.32 Å². The van der Waals surface area contributed by atoms with Crippen LogP contribution < -0.4 is 5.32 Å². The third-order valence-corrected chi connectivity index (χ3v) is 5.37. The van der Waals surface area contributed by atoms with Crippen LogP contribution in [0.1, 0.15) is 27.4 Å². The monoisotopic (exact) mass is 387 g/mol. The zero-order valence-corrected chi connectivity index (χ0v) is 15.6. The standard InChI is InChI=1S/C20H18ClNO3S/c21-18-9-5-4-8-16(18)13-26(24)14-17-10-11-19(25-17)20(23)22-12-15-6-2-1-3-7-15/h1-11H,12-14H2,(H,22,23)/t26-/m1/s1. The largest absolute Gasteiger partial charge is 0.455 e. The summed E-state index contributed by atoms with van der Waals surface area (Å²) in [5, 5.41) is 3.40. The number of benzene rings is 2. The Morgan fingerprint density at radius 1 is 0.962 bits per heavy atom. The first-order chi connectivity index (χ1) is 12.6. The molecule has 0 fully saturated rings. The van der Waals surface area contributed by atoms with Gasteiger partial charge in [0, 0.05) is 22.4 Å². The van der Waals surface area contributed by atoms with E-state index in [1.807, 2.05) is 48.5 Å². The number of hydrogen-bond donors (Lipinski definition) is 1. The predicted molar refractivity (Wildman–Crippen MR) is 103 cm³/mol. The van der Waals surface area contributed by atoms with Gasteiger partial charge in [-0.3, -0.25) is 9.00 Å². The highest BCUT2D eigenvalue weighted by Gasteiger charge is 2.13. The highest BCUT2D eigenvalue weighted by Crippen LogP contribution is 2.19. The van der Waals surface area contributed by atoms with Crippen molar-refractivity contribution in [3.05, 3.63) is 94.4 Å². The Hall–Kier alpha value is -2.37. The summed E-state index contributed by atoms with van der Waals surface area (Å²) >= 11 is 6.09. The smallest absolute Gasteiger partial charge is 0.287 e. The van der Waals surface area contributed by atoms with Crippen LogP contribution in [-0.4, -0.2) is 10.1 Å². The molecule has 3 rings (SSSR count). The second kappa shape index (κ2) is 8.83. The molecule has 0 radical (unpaired) electrons. The third kappa shape index (κ3) is 5.07. The van der Waals surface area contributed by atoms with Crippen LogP contribution in [0.25, 0.3) is 0 Å². The Morgan fingerprint density at radius 3 is 2.46 bits per heavy atom. The lowest BCUT2D eigenvalue weighted by atomic mass is 10.2. The average Bonchev–Trinajstić information content (AvgIpc) is 3.11. The van der Waals surface area contributed by atoms with Gasteiger partial charge >= 0.3 is 0 Å². The molecule has 1 aromatic heterocycles. The number of carbonyl (C=O) groups is 1. The summed E-state index contributed by atoms with van der Waals surface area (Å²) in [4.78, 5) is 12.2. The molecule has 0 aliphatic carbocycles. The van der Waals surface area contributed by atoms with E-state index in [-0.39, 0.29) is 17.4 Å². The summed E-state index contributed by atoms with van der Waals surface area (Å²) in [6.07, 6.45) is 0. The normalized spacial score (nSPS) is 11.9. The van der Waals surface area contributed by atoms with E-state index in [1.165, 1.54) is 0 Å². The van der Waals surface area contributed by atoms with Gasteiger partial charge in [-0.15, -0.1) is 0 Å². The molecule has 6 heteroatoms. The quantitative estimate of drug-likeness (QED) is 0.657. The van der Waals surface area contributed by atoms with Crippen molar-refractivity contribution < 1.29 is 13.4 Å². The van der Waals surface area contributed by atoms with Crippen molar-refractivity contribution >= 4 is 28.3 Å². The molecular formula is C20H18ClNO3S. The molecule has 3 aromatic rings. The number of hydrogen-bond acceptors (Lipinski definition) is 3. The maximum absolute atomic E-state index is 12.3. The second-order valence-corrected chi connectivity index (χ2v) is 7.62. The molecule has 0 saturated heterocycles. The minimum atomic E-state index is -1.18. The van der Waals surface area contributed by atoms with Gasteiger partial charge in [0.15, 0.2) is 5.76 Å². The van der Waals surface area contributed by atoms with Gasteiger partial charge in [-0.1, -0.05) is 60.1 Å². The summed E-state index contributed by atoms with van der Waals surface area (Å²) < 4.78 is 17.9. The van der Waals surface area contributed by atoms with E-state index in [9.17, 15) is 9.00 Å². The van der Waals surface area contributed by atoms with Gasteiger partial charge in [-0.25, -0.2) is 0 Å². The molecule has 4 nitrogen and oxygen atoms in total. The van der Waals surface area contributed by atoms with Crippen molar-refractivity contribution in [2.24, 2.45) is 0 Å². The first kappa shape index (κ1) is 18.4. The highest BCUT2D eigenvalue weighted by molar-refractivity contribution is 7.83. The van der Waals surface area contributed by atoms with Crippen molar-refractivity contribution in [3.8, 4) is 0 Å². The third-order valence-electron chi connectivity index (χ3n) is 3.76. The lowest BCUT2D eigenvalue weighted by Gasteiger charge is -2.04. The summed E-state index contributed by atoms with van der Waals surface area (Å²) in [6, 6.07) is 20.2. The van der Waals surface area contributed by atoms with Crippen LogP contribution in [0.15, 0.2) is 71.1 Å². The molecule has 134 valence electrons. The van der Waals surface area contributed by atoms with Crippen LogP contribution in [0, 0.1) is 0 Å². The van der Waals surface area contributed by atoms with E-state index in [0.29, 0.717) is 23.1 Å². The number of rotatable bonds is 7. The highest BCUT2D eigenvalue weighted by atomic mass is 35.5. The zero-order valence-electron chi connectivity index (χ0n) is 14.0. The van der Waals surface area contributed by atoms with E-state index in [1.54, 1.807) is 18.2 Å². The van der Waals surface area contributed by atoms with Crippen molar-refractivity contribution in [2.75, 3.05) is 0 Å². The number of furan rings is 1. The molecule has 0 unspecified atom stereocenters. The van der Waals surface area contributed by atoms with Crippen LogP contribution in [0.5, 0.6) is 0 Å². The molecule has 0 bridgehead atoms. The van der Waals surface area contributed by atoms with E-state index >= 15 is 0 Å². The van der Waals surface area contributed by atoms with Gasteiger partial charge in [0.25, 0.3) is 5.91 Å². The fourth-order valence-corrected chi connectivity index (χ4v) is 3.90. The Kier molecular flexibility index (Phi) is 6.26. The molecular weight excluding hydrogens is 370 g/mol. The van der Waals surface area contributed by atoms with Crippen LogP contribution in [0.2, 0.25) is 5.02 Å². The van der Waals surface area contributed by atoms with Gasteiger partial charge in [0.05, 0.1) is 11.5 Å². The van der Waals surface area contributed by atoms with Crippen LogP contribution >= 0.6 is 11.6 Å². The van der Waals surface area contributed by atoms with E-state index in [0.717, 1.165) is 11.1 Å². The first-order valence-electron chi connectivity index (χ1n) is 8.11. The summed E-state index contributed by atoms with van der Waals surface area (Å²) in [7, 11) is -1.18. The lowest BCUT2D eigenvalue weighted by Crippen LogP contribution is -2.22. The molecule has 1 N–H and O–H groups in total. The number of halogens is 1. The van der Waals surface area contributed by atoms with Crippen molar-refractivity contribution in [3.63, 3.8) is 0 Å². The van der Waals surface area contributed by atoms with E-state index in [4.69, 9.17) is 16.0 Å². The summed E-state index contributed by atoms with van der Waals surface area (Å²) in [5.41, 5.74) is 1.84. The Bertz CT molecular complexity index is 908. The SMILES string of the molecule is O=C(NCc1ccccc1)c1ccc(C[S@](=O)Cc2ccccc2Cl)o1. The van der Waals surface area contributed by atoms with Crippen molar-refractivity contribution in [2.45, 2.75) is 18.1 Å². The average molecular weight is 388 g/mol. The topological polar surface area (TPSA) is 59.3 Å². The van der Waals surface area contributed by atoms with Crippen LogP contribution in [0.3, 0.4) is 0 Å². The van der Waals surface area contributed by atoms with E-state index in [2.05, 4.69) is 5.32 Å². The molecule has 0 aliphatic rings. The molecule has 2 aromatic carbocycles. The fraction of sp³-hybridized carbons (Fsp3) is 0.150. The lowest BCUT2D eigenvalue weighted by molar-refractivity contribution is 0.0921. The zero-order chi connectivity index (χ0) is 18.4. The van der Waals surface area contributed by atoms with Gasteiger partial charge in [0.1, 0.15) is 5.76 Å². The van der Waals surface area contributed by atoms with Gasteiger partial charge in [-0.05, 0) is 29.3 Å². The molecule has 26 heavy (non-hydrogen) atoms. The fourth-order valence-electron chi connectivity index (χ4n) is 2.44. The molecule has 1 heterocycles. The van der Waals surface area contributed by atoms with Crippen molar-refractivity contribution in [1.29, 1.82) is 0 Å². The minimum Gasteiger partial charge on any atom is -0.455 e. The first-order valence-corrected chi connectivity index (χ1v) is 9.97. The van der Waals surface area contributed by atoms with Gasteiger partial charge in [0.2, 0.25) is 0 Å². The van der Waals surface area contributed by atoms with Gasteiger partial charge in [-0.2, -0.15) is 0 Å². The minimum absolute atomic E-state index is 0.214. The Morgan fingerprint density at radius 2 is 1.69 bits per heavy atom. The van der Waals surface area contributed by atoms with Gasteiger partial charge < -0.3 is 9.73 Å². The maximum atomic E-state index is 12.3. The Balaban J connectivity index is 1.54. The molecule has 0 aliphatic heterocycles. The Labute approximate surface area is 159 Å². The molecule has 0 saturated carbocycles. The molecule has 0 spiro atoms. The number of amides is 1. The predicted octanol–water partition coefficient (Wildman–Crippen LogP) is 4.31. The summed E-state index contributed by atoms with van der Waals surface area (Å²) in [6.45, 7) is 0.425. The van der Waals surface area contributed by atoms with E-state index < -0.39 is 10.8 Å². The summed E-state index contributed by atoms with van der Waals surface area (Å²) in [5.74, 6) is 1.01. The van der Waals surface area contributed by atoms with Crippen LogP contribution in [0.4, 0.5) is 0 Å². The molecule has 1 atom stereocenters. The second-order valence-electron chi connectivity index (χ2n) is 5.75. The number of carbonyl (C=O) groups excluding carboxylic acids is 1. The molecule has 1 amide bonds. The van der Waals surface area contributed by atoms with Crippen LogP contribution in [-0.2, 0) is 28.9 Å². The number of nitrogens with one attached hydrogen (secondary N) is 1. The maximum Gasteiger partial charge on any atom is 0.287 e.